The molecular weight excluding hydrogens is 258 g/mol. The summed E-state index contributed by atoms with van der Waals surface area (Å²) in [6.45, 7) is 5.74. The Kier molecular flexibility index (Phi) is 4.08. The van der Waals surface area contributed by atoms with Gasteiger partial charge in [0.15, 0.2) is 11.2 Å². The number of imidazole rings is 1. The third kappa shape index (κ3) is 2.82. The molecule has 0 radical (unpaired) electrons. The van der Waals surface area contributed by atoms with E-state index in [4.69, 9.17) is 15.2 Å². The number of aromatic nitrogens is 4. The van der Waals surface area contributed by atoms with E-state index in [9.17, 15) is 0 Å². The Morgan fingerprint density at radius 3 is 2.70 bits per heavy atom. The van der Waals surface area contributed by atoms with Crippen molar-refractivity contribution in [2.75, 3.05) is 26.6 Å². The van der Waals surface area contributed by atoms with Gasteiger partial charge in [0.2, 0.25) is 11.8 Å². The monoisotopic (exact) mass is 279 g/mol. The first-order valence-corrected chi connectivity index (χ1v) is 6.48. The number of rotatable bonds is 6. The Morgan fingerprint density at radius 1 is 1.30 bits per heavy atom. The third-order valence-electron chi connectivity index (χ3n) is 3.29. The predicted molar refractivity (Wildman–Crippen MR) is 76.6 cm³/mol. The van der Waals surface area contributed by atoms with Gasteiger partial charge in [-0.3, -0.25) is 4.57 Å². The van der Waals surface area contributed by atoms with E-state index >= 15 is 0 Å². The lowest BCUT2D eigenvalue weighted by molar-refractivity contribution is 0.143. The summed E-state index contributed by atoms with van der Waals surface area (Å²) < 4.78 is 12.2. The molecule has 0 bridgehead atoms. The fourth-order valence-electron chi connectivity index (χ4n) is 2.12. The molecule has 7 heteroatoms. The molecule has 2 N–H and O–H groups in total. The molecule has 0 saturated carbocycles. The minimum atomic E-state index is 0.0238. The highest BCUT2D eigenvalue weighted by atomic mass is 16.5. The summed E-state index contributed by atoms with van der Waals surface area (Å²) in [4.78, 5) is 12.6. The molecule has 20 heavy (non-hydrogen) atoms. The zero-order valence-corrected chi connectivity index (χ0v) is 12.4. The van der Waals surface area contributed by atoms with Gasteiger partial charge >= 0.3 is 0 Å². The van der Waals surface area contributed by atoms with E-state index in [0.717, 1.165) is 6.42 Å². The Morgan fingerprint density at radius 2 is 2.05 bits per heavy atom. The van der Waals surface area contributed by atoms with Crippen molar-refractivity contribution in [3.05, 3.63) is 6.33 Å². The second kappa shape index (κ2) is 5.62. The smallest absolute Gasteiger partial charge is 0.245 e. The van der Waals surface area contributed by atoms with Gasteiger partial charge in [0.05, 0.1) is 7.11 Å². The van der Waals surface area contributed by atoms with Crippen LogP contribution in [0.1, 0.15) is 20.3 Å². The summed E-state index contributed by atoms with van der Waals surface area (Å²) in [6.07, 6.45) is 2.38. The third-order valence-corrected chi connectivity index (χ3v) is 3.29. The van der Waals surface area contributed by atoms with Gasteiger partial charge in [-0.15, -0.1) is 0 Å². The highest BCUT2D eigenvalue weighted by Gasteiger charge is 2.23. The molecule has 0 aliphatic rings. The van der Waals surface area contributed by atoms with Crippen LogP contribution in [0.5, 0.6) is 5.88 Å². The molecule has 0 saturated heterocycles. The van der Waals surface area contributed by atoms with Crippen LogP contribution in [0.2, 0.25) is 0 Å². The average molecular weight is 279 g/mol. The van der Waals surface area contributed by atoms with Gasteiger partial charge in [0, 0.05) is 20.3 Å². The topological polar surface area (TPSA) is 88.1 Å². The number of ether oxygens (including phenoxy) is 2. The molecule has 2 heterocycles. The van der Waals surface area contributed by atoms with Crippen LogP contribution in [0.25, 0.3) is 11.2 Å². The standard InChI is InChI=1S/C13H21N5O2/c1-13(2,5-6-19-3)7-18-10-9(17-12(18)14)11(20-4)16-8-15-10/h8H,5-7H2,1-4H3,(H2,14,17). The van der Waals surface area contributed by atoms with E-state index in [1.54, 1.807) is 14.2 Å². The molecule has 0 unspecified atom stereocenters. The van der Waals surface area contributed by atoms with Crippen molar-refractivity contribution in [1.29, 1.82) is 0 Å². The van der Waals surface area contributed by atoms with Crippen molar-refractivity contribution in [2.45, 2.75) is 26.8 Å². The number of anilines is 1. The first kappa shape index (κ1) is 14.5. The molecule has 7 nitrogen and oxygen atoms in total. The van der Waals surface area contributed by atoms with Crippen molar-refractivity contribution in [2.24, 2.45) is 5.41 Å². The number of methoxy groups -OCH3 is 2. The van der Waals surface area contributed by atoms with E-state index in [2.05, 4.69) is 28.8 Å². The number of nitrogens with two attached hydrogens (primary N) is 1. The fraction of sp³-hybridized carbons (Fsp3) is 0.615. The second-order valence-corrected chi connectivity index (χ2v) is 5.52. The molecule has 0 aliphatic carbocycles. The summed E-state index contributed by atoms with van der Waals surface area (Å²) >= 11 is 0. The molecule has 2 rings (SSSR count). The maximum Gasteiger partial charge on any atom is 0.245 e. The quantitative estimate of drug-likeness (QED) is 0.861. The predicted octanol–water partition coefficient (Wildman–Crippen LogP) is 1.48. The number of nitrogens with zero attached hydrogens (tertiary/aromatic N) is 4. The van der Waals surface area contributed by atoms with Crippen LogP contribution in [0.15, 0.2) is 6.33 Å². The van der Waals surface area contributed by atoms with Crippen LogP contribution in [-0.2, 0) is 11.3 Å². The lowest BCUT2D eigenvalue weighted by Gasteiger charge is -2.25. The van der Waals surface area contributed by atoms with Crippen molar-refractivity contribution >= 4 is 17.1 Å². The van der Waals surface area contributed by atoms with Crippen molar-refractivity contribution < 1.29 is 9.47 Å². The maximum absolute atomic E-state index is 6.01. The van der Waals surface area contributed by atoms with Gasteiger partial charge < -0.3 is 15.2 Å². The zero-order chi connectivity index (χ0) is 14.8. The van der Waals surface area contributed by atoms with E-state index in [1.807, 2.05) is 4.57 Å². The van der Waals surface area contributed by atoms with Gasteiger partial charge in [0.1, 0.15) is 6.33 Å². The van der Waals surface area contributed by atoms with Gasteiger partial charge in [-0.1, -0.05) is 13.8 Å². The molecular formula is C13H21N5O2. The van der Waals surface area contributed by atoms with Crippen molar-refractivity contribution in [3.8, 4) is 5.88 Å². The Labute approximate surface area is 118 Å². The van der Waals surface area contributed by atoms with E-state index in [1.165, 1.54) is 6.33 Å². The van der Waals surface area contributed by atoms with Gasteiger partial charge in [-0.2, -0.15) is 4.98 Å². The molecule has 0 spiro atoms. The van der Waals surface area contributed by atoms with Crippen molar-refractivity contribution in [1.82, 2.24) is 19.5 Å². The summed E-state index contributed by atoms with van der Waals surface area (Å²) in [6, 6.07) is 0. The maximum atomic E-state index is 6.01. The van der Waals surface area contributed by atoms with E-state index in [-0.39, 0.29) is 5.41 Å². The Hall–Kier alpha value is -1.89. The largest absolute Gasteiger partial charge is 0.479 e. The highest BCUT2D eigenvalue weighted by Crippen LogP contribution is 2.29. The molecule has 110 valence electrons. The van der Waals surface area contributed by atoms with Gasteiger partial charge in [0.25, 0.3) is 0 Å². The molecule has 0 atom stereocenters. The normalized spacial score (nSPS) is 12.0. The van der Waals surface area contributed by atoms with Gasteiger partial charge in [-0.05, 0) is 11.8 Å². The molecule has 0 amide bonds. The zero-order valence-electron chi connectivity index (χ0n) is 12.4. The van der Waals surface area contributed by atoms with E-state index < -0.39 is 0 Å². The van der Waals surface area contributed by atoms with Crippen LogP contribution in [0, 0.1) is 5.41 Å². The lowest BCUT2D eigenvalue weighted by Crippen LogP contribution is -2.22. The first-order chi connectivity index (χ1) is 9.48. The Balaban J connectivity index is 2.37. The van der Waals surface area contributed by atoms with Gasteiger partial charge in [-0.25, -0.2) is 9.97 Å². The van der Waals surface area contributed by atoms with E-state index in [0.29, 0.717) is 36.1 Å². The highest BCUT2D eigenvalue weighted by molar-refractivity contribution is 5.78. The number of fused-ring (bicyclic) bond motifs is 1. The summed E-state index contributed by atoms with van der Waals surface area (Å²) in [5.41, 5.74) is 7.32. The van der Waals surface area contributed by atoms with Crippen LogP contribution in [0.3, 0.4) is 0 Å². The minimum absolute atomic E-state index is 0.0238. The summed E-state index contributed by atoms with van der Waals surface area (Å²) in [7, 11) is 3.26. The average Bonchev–Trinajstić information content (AvgIpc) is 2.72. The minimum Gasteiger partial charge on any atom is -0.479 e. The van der Waals surface area contributed by atoms with Crippen LogP contribution in [-0.4, -0.2) is 40.3 Å². The van der Waals surface area contributed by atoms with Crippen LogP contribution < -0.4 is 10.5 Å². The first-order valence-electron chi connectivity index (χ1n) is 6.48. The molecule has 0 aliphatic heterocycles. The fourth-order valence-corrected chi connectivity index (χ4v) is 2.12. The van der Waals surface area contributed by atoms with Crippen LogP contribution in [0.4, 0.5) is 5.95 Å². The van der Waals surface area contributed by atoms with Crippen LogP contribution >= 0.6 is 0 Å². The molecule has 0 fully saturated rings. The number of hydrogen-bond acceptors (Lipinski definition) is 6. The molecule has 0 aromatic carbocycles. The summed E-state index contributed by atoms with van der Waals surface area (Å²) in [5.74, 6) is 0.861. The number of nitrogen functional groups attached to an aromatic ring is 1. The number of hydrogen-bond donors (Lipinski definition) is 1. The lowest BCUT2D eigenvalue weighted by atomic mass is 9.89. The molecule has 2 aromatic rings. The Bertz CT molecular complexity index is 594. The van der Waals surface area contributed by atoms with Crippen molar-refractivity contribution in [3.63, 3.8) is 0 Å². The molecule has 2 aromatic heterocycles. The SMILES string of the molecule is COCCC(C)(C)Cn1c(N)nc2c(OC)ncnc21. The summed E-state index contributed by atoms with van der Waals surface area (Å²) in [5, 5.41) is 0. The second-order valence-electron chi connectivity index (χ2n) is 5.52.